The van der Waals surface area contributed by atoms with E-state index in [0.717, 1.165) is 17.7 Å². The Labute approximate surface area is 213 Å². The molecule has 4 aromatic rings. The van der Waals surface area contributed by atoms with Gasteiger partial charge in [-0.05, 0) is 49.9 Å². The minimum atomic E-state index is -0.597. The van der Waals surface area contributed by atoms with Crippen LogP contribution < -0.4 is 20.7 Å². The summed E-state index contributed by atoms with van der Waals surface area (Å²) in [4.78, 5) is 26.0. The summed E-state index contributed by atoms with van der Waals surface area (Å²) in [5.74, 6) is 0.139. The number of H-pyrrole nitrogens is 1. The van der Waals surface area contributed by atoms with Gasteiger partial charge in [0.2, 0.25) is 0 Å². The molecule has 2 aromatic carbocycles. The second-order valence-electron chi connectivity index (χ2n) is 9.55. The van der Waals surface area contributed by atoms with Gasteiger partial charge in [-0.15, -0.1) is 0 Å². The molecule has 1 aliphatic carbocycles. The van der Waals surface area contributed by atoms with Crippen molar-refractivity contribution >= 4 is 39.4 Å². The van der Waals surface area contributed by atoms with Gasteiger partial charge in [-0.2, -0.15) is 5.10 Å². The van der Waals surface area contributed by atoms with Gasteiger partial charge in [0.05, 0.1) is 10.9 Å². The molecular formula is C27H29N5O3S. The van der Waals surface area contributed by atoms with Gasteiger partial charge in [0, 0.05) is 24.2 Å². The minimum Gasteiger partial charge on any atom is -0.399 e. The van der Waals surface area contributed by atoms with E-state index in [4.69, 9.17) is 4.74 Å². The summed E-state index contributed by atoms with van der Waals surface area (Å²) in [6.45, 7) is 4.63. The highest BCUT2D eigenvalue weighted by Gasteiger charge is 2.24. The van der Waals surface area contributed by atoms with Crippen molar-refractivity contribution in [1.82, 2.24) is 20.8 Å². The first kappa shape index (κ1) is 24.0. The molecule has 36 heavy (non-hydrogen) atoms. The first-order valence-corrected chi connectivity index (χ1v) is 12.9. The number of rotatable bonds is 8. The lowest BCUT2D eigenvalue weighted by Crippen LogP contribution is -2.42. The van der Waals surface area contributed by atoms with E-state index in [1.807, 2.05) is 68.4 Å². The predicted octanol–water partition coefficient (Wildman–Crippen LogP) is 5.54. The number of nitrogens with one attached hydrogen (secondary N) is 4. The molecule has 0 atom stereocenters. The van der Waals surface area contributed by atoms with Crippen molar-refractivity contribution in [1.29, 1.82) is 0 Å². The number of amides is 2. The molecule has 0 radical (unpaired) electrons. The molecule has 0 bridgehead atoms. The number of anilines is 1. The molecule has 0 unspecified atom stereocenters. The summed E-state index contributed by atoms with van der Waals surface area (Å²) >= 11 is 1.25. The Morgan fingerprint density at radius 3 is 2.56 bits per heavy atom. The molecular weight excluding hydrogens is 474 g/mol. The number of fused-ring (bicyclic) bond motifs is 1. The fourth-order valence-electron chi connectivity index (χ4n) is 4.07. The number of aromatic amines is 1. The summed E-state index contributed by atoms with van der Waals surface area (Å²) in [5, 5.41) is 17.5. The predicted molar refractivity (Wildman–Crippen MR) is 141 cm³/mol. The van der Waals surface area contributed by atoms with Crippen molar-refractivity contribution in [3.63, 3.8) is 0 Å². The molecule has 0 aliphatic heterocycles. The Hall–Kier alpha value is -3.69. The van der Waals surface area contributed by atoms with Gasteiger partial charge >= 0.3 is 6.09 Å². The average Bonchev–Trinajstić information content (AvgIpc) is 3.39. The van der Waals surface area contributed by atoms with Crippen molar-refractivity contribution < 1.29 is 14.3 Å². The van der Waals surface area contributed by atoms with Crippen LogP contribution >= 0.6 is 11.3 Å². The Kier molecular flexibility index (Phi) is 6.75. The molecule has 2 aromatic heterocycles. The number of ether oxygens (including phenoxy) is 1. The highest BCUT2D eigenvalue weighted by Crippen LogP contribution is 2.35. The molecule has 186 valence electrons. The molecule has 9 heteroatoms. The highest BCUT2D eigenvalue weighted by molar-refractivity contribution is 7.20. The Bertz CT molecular complexity index is 1360. The van der Waals surface area contributed by atoms with Crippen molar-refractivity contribution in [2.45, 2.75) is 51.2 Å². The number of nitrogens with zero attached hydrogens (tertiary/aromatic N) is 1. The second-order valence-corrected chi connectivity index (χ2v) is 10.6. The van der Waals surface area contributed by atoms with E-state index in [1.165, 1.54) is 30.6 Å². The van der Waals surface area contributed by atoms with Crippen molar-refractivity contribution in [2.24, 2.45) is 0 Å². The van der Waals surface area contributed by atoms with Gasteiger partial charge in [-0.1, -0.05) is 60.2 Å². The van der Waals surface area contributed by atoms with Gasteiger partial charge < -0.3 is 20.7 Å². The fourth-order valence-corrected chi connectivity index (χ4v) is 4.92. The van der Waals surface area contributed by atoms with Crippen LogP contribution in [-0.2, 0) is 12.1 Å². The van der Waals surface area contributed by atoms with Crippen LogP contribution in [0.25, 0.3) is 10.2 Å². The van der Waals surface area contributed by atoms with Crippen molar-refractivity contribution in [3.8, 4) is 5.06 Å². The highest BCUT2D eigenvalue weighted by atomic mass is 32.1. The maximum Gasteiger partial charge on any atom is 0.414 e. The monoisotopic (exact) mass is 503 g/mol. The third kappa shape index (κ3) is 5.42. The normalized spacial score (nSPS) is 13.8. The Morgan fingerprint density at radius 1 is 1.11 bits per heavy atom. The van der Waals surface area contributed by atoms with Crippen LogP contribution in [0.1, 0.15) is 54.6 Å². The first-order chi connectivity index (χ1) is 17.4. The molecule has 4 N–H and O–H groups in total. The second kappa shape index (κ2) is 10.1. The molecule has 2 heterocycles. The zero-order chi connectivity index (χ0) is 25.1. The zero-order valence-electron chi connectivity index (χ0n) is 20.3. The number of carbonyl (C=O) groups is 2. The van der Waals surface area contributed by atoms with E-state index in [9.17, 15) is 9.59 Å². The number of hydrogen-bond donors (Lipinski definition) is 4. The van der Waals surface area contributed by atoms with Crippen LogP contribution in [0.5, 0.6) is 5.06 Å². The summed E-state index contributed by atoms with van der Waals surface area (Å²) in [6, 6.07) is 19.6. The topological polar surface area (TPSA) is 108 Å². The number of thiophene rings is 1. The van der Waals surface area contributed by atoms with Gasteiger partial charge in [-0.25, -0.2) is 4.79 Å². The number of hydrogen-bond acceptors (Lipinski definition) is 6. The van der Waals surface area contributed by atoms with Gasteiger partial charge in [-0.3, -0.25) is 9.89 Å². The van der Waals surface area contributed by atoms with E-state index >= 15 is 0 Å². The molecule has 5 rings (SSSR count). The largest absolute Gasteiger partial charge is 0.414 e. The standard InChI is InChI=1S/C27H29N5O3S/c1-27(2,19-7-4-3-5-8-19)30-26(34)35-22-15-21-23(31-32-25(21)36-22)29-24(33)18-13-11-17(12-14-18)16-28-20-9-6-10-20/h3-5,7-8,11-15,20,28H,6,9-10,16H2,1-2H3,(H,30,34)(H2,29,31,32,33). The SMILES string of the molecule is CC(C)(NC(=O)Oc1cc2c(NC(=O)c3ccc(CNC4CCC4)cc3)n[nH]c2s1)c1ccccc1. The van der Waals surface area contributed by atoms with Crippen molar-refractivity contribution in [3.05, 3.63) is 77.4 Å². The summed E-state index contributed by atoms with van der Waals surface area (Å²) in [6.07, 6.45) is 3.22. The van der Waals surface area contributed by atoms with E-state index in [0.29, 0.717) is 32.7 Å². The van der Waals surface area contributed by atoms with Crippen LogP contribution in [0.4, 0.5) is 10.6 Å². The lowest BCUT2D eigenvalue weighted by molar-refractivity contribution is 0.102. The summed E-state index contributed by atoms with van der Waals surface area (Å²) in [7, 11) is 0. The third-order valence-electron chi connectivity index (χ3n) is 6.49. The molecule has 0 spiro atoms. The van der Waals surface area contributed by atoms with Crippen LogP contribution in [0.15, 0.2) is 60.7 Å². The number of benzene rings is 2. The van der Waals surface area contributed by atoms with Crippen LogP contribution in [0.2, 0.25) is 0 Å². The maximum atomic E-state index is 12.8. The fraction of sp³-hybridized carbons (Fsp3) is 0.296. The van der Waals surface area contributed by atoms with Gasteiger partial charge in [0.25, 0.3) is 5.91 Å². The van der Waals surface area contributed by atoms with E-state index in [-0.39, 0.29) is 5.91 Å². The van der Waals surface area contributed by atoms with E-state index in [1.54, 1.807) is 6.07 Å². The Morgan fingerprint density at radius 2 is 1.86 bits per heavy atom. The Balaban J connectivity index is 1.20. The quantitative estimate of drug-likeness (QED) is 0.252. The van der Waals surface area contributed by atoms with Gasteiger partial charge in [0.15, 0.2) is 10.9 Å². The zero-order valence-corrected chi connectivity index (χ0v) is 21.1. The van der Waals surface area contributed by atoms with Crippen LogP contribution in [0.3, 0.4) is 0 Å². The minimum absolute atomic E-state index is 0.252. The van der Waals surface area contributed by atoms with E-state index < -0.39 is 11.6 Å². The molecule has 1 fully saturated rings. The molecule has 0 saturated heterocycles. The van der Waals surface area contributed by atoms with Crippen LogP contribution in [0, 0.1) is 0 Å². The van der Waals surface area contributed by atoms with Gasteiger partial charge in [0.1, 0.15) is 4.83 Å². The molecule has 1 saturated carbocycles. The summed E-state index contributed by atoms with van der Waals surface area (Å²) < 4.78 is 5.53. The smallest absolute Gasteiger partial charge is 0.399 e. The lowest BCUT2D eigenvalue weighted by atomic mass is 9.93. The number of carbonyl (C=O) groups excluding carboxylic acids is 2. The van der Waals surface area contributed by atoms with Crippen molar-refractivity contribution in [2.75, 3.05) is 5.32 Å². The molecule has 2 amide bonds. The maximum absolute atomic E-state index is 12.8. The first-order valence-electron chi connectivity index (χ1n) is 12.0. The third-order valence-corrected chi connectivity index (χ3v) is 7.40. The average molecular weight is 504 g/mol. The lowest BCUT2D eigenvalue weighted by Gasteiger charge is -2.26. The number of aromatic nitrogens is 2. The van der Waals surface area contributed by atoms with E-state index in [2.05, 4.69) is 26.1 Å². The molecule has 1 aliphatic rings. The molecule has 8 nitrogen and oxygen atoms in total. The summed E-state index contributed by atoms with van der Waals surface area (Å²) in [5.41, 5.74) is 2.07. The van der Waals surface area contributed by atoms with Crippen LogP contribution in [-0.4, -0.2) is 28.2 Å².